The van der Waals surface area contributed by atoms with Gasteiger partial charge in [-0.15, -0.1) is 0 Å². The highest BCUT2D eigenvalue weighted by Gasteiger charge is 2.30. The van der Waals surface area contributed by atoms with Gasteiger partial charge >= 0.3 is 5.97 Å². The number of ether oxygens (including phenoxy) is 1. The predicted octanol–water partition coefficient (Wildman–Crippen LogP) is 3.66. The van der Waals surface area contributed by atoms with E-state index in [1.165, 1.54) is 0 Å². The lowest BCUT2D eigenvalue weighted by Gasteiger charge is -2.37. The summed E-state index contributed by atoms with van der Waals surface area (Å²) in [5.41, 5.74) is 2.66. The minimum absolute atomic E-state index is 0.0520. The zero-order chi connectivity index (χ0) is 26.7. The third kappa shape index (κ3) is 5.65. The maximum Gasteiger partial charge on any atom is 0.345 e. The molecule has 1 aliphatic heterocycles. The number of nitrogens with zero attached hydrogens (tertiary/aromatic N) is 4. The first-order chi connectivity index (χ1) is 17.7. The normalized spacial score (nSPS) is 13.9. The summed E-state index contributed by atoms with van der Waals surface area (Å²) in [6.07, 6.45) is 0. The number of amides is 1. The lowest BCUT2D eigenvalue weighted by atomic mass is 10.0. The number of likely N-dealkylation sites (N-methyl/N-ethyl adjacent to an activating group) is 1. The Morgan fingerprint density at radius 1 is 1.03 bits per heavy atom. The van der Waals surface area contributed by atoms with Gasteiger partial charge in [0.1, 0.15) is 5.56 Å². The second kappa shape index (κ2) is 11.4. The fraction of sp³-hybridized carbons (Fsp3) is 0.393. The number of anilines is 1. The van der Waals surface area contributed by atoms with Crippen LogP contribution in [0.15, 0.2) is 47.3 Å². The molecule has 2 heterocycles. The molecule has 1 amide bonds. The van der Waals surface area contributed by atoms with Gasteiger partial charge in [-0.05, 0) is 64.3 Å². The molecule has 0 aliphatic carbocycles. The Morgan fingerprint density at radius 2 is 1.70 bits per heavy atom. The van der Waals surface area contributed by atoms with E-state index in [1.807, 2.05) is 49.0 Å². The third-order valence-electron chi connectivity index (χ3n) is 6.62. The van der Waals surface area contributed by atoms with Crippen LogP contribution in [0.5, 0.6) is 0 Å². The molecule has 1 aliphatic rings. The minimum Gasteiger partial charge on any atom is -0.462 e. The molecular weight excluding hydrogens is 492 g/mol. The zero-order valence-corrected chi connectivity index (χ0v) is 22.5. The van der Waals surface area contributed by atoms with E-state index in [0.717, 1.165) is 16.5 Å². The van der Waals surface area contributed by atoms with Crippen molar-refractivity contribution in [2.45, 2.75) is 20.4 Å². The van der Waals surface area contributed by atoms with Crippen LogP contribution in [-0.2, 0) is 11.3 Å². The van der Waals surface area contributed by atoms with Crippen LogP contribution in [0.4, 0.5) is 5.69 Å². The average Bonchev–Trinajstić information content (AvgIpc) is 2.88. The van der Waals surface area contributed by atoms with Gasteiger partial charge in [0.25, 0.3) is 11.5 Å². The molecule has 9 heteroatoms. The number of hydrogen-bond donors (Lipinski definition) is 0. The standard InChI is InChI=1S/C28H33ClN4O4/c1-5-37-28(36)24-25(22-18-19(2)6-11-23(22)33(27(24)35)17-12-30(3)4)31-13-15-32(16-14-31)26(34)20-7-9-21(29)10-8-20/h6-11,18H,5,12-17H2,1-4H3. The second-order valence-electron chi connectivity index (χ2n) is 9.51. The maximum absolute atomic E-state index is 13.8. The van der Waals surface area contributed by atoms with Crippen molar-refractivity contribution in [2.75, 3.05) is 58.3 Å². The van der Waals surface area contributed by atoms with Crippen molar-refractivity contribution in [3.05, 3.63) is 74.5 Å². The summed E-state index contributed by atoms with van der Waals surface area (Å²) in [6, 6.07) is 12.8. The van der Waals surface area contributed by atoms with Crippen LogP contribution >= 0.6 is 11.6 Å². The van der Waals surface area contributed by atoms with Crippen LogP contribution in [0, 0.1) is 6.92 Å². The van der Waals surface area contributed by atoms with E-state index in [9.17, 15) is 14.4 Å². The van der Waals surface area contributed by atoms with E-state index in [1.54, 1.807) is 40.7 Å². The minimum atomic E-state index is -0.621. The van der Waals surface area contributed by atoms with E-state index in [4.69, 9.17) is 16.3 Å². The number of hydrogen-bond acceptors (Lipinski definition) is 6. The molecule has 1 aromatic heterocycles. The van der Waals surface area contributed by atoms with Crippen molar-refractivity contribution in [3.63, 3.8) is 0 Å². The Bertz CT molecular complexity index is 1360. The van der Waals surface area contributed by atoms with Crippen LogP contribution in [-0.4, -0.2) is 79.7 Å². The first-order valence-electron chi connectivity index (χ1n) is 12.5. The second-order valence-corrected chi connectivity index (χ2v) is 9.95. The van der Waals surface area contributed by atoms with Crippen molar-refractivity contribution in [1.29, 1.82) is 0 Å². The Kier molecular flexibility index (Phi) is 8.19. The number of esters is 1. The Labute approximate surface area is 222 Å². The number of carbonyl (C=O) groups is 2. The first kappa shape index (κ1) is 26.7. The number of benzene rings is 2. The number of pyridine rings is 1. The molecule has 0 bridgehead atoms. The number of carbonyl (C=O) groups excluding carboxylic acids is 2. The van der Waals surface area contributed by atoms with Gasteiger partial charge in [-0.25, -0.2) is 4.79 Å². The largest absolute Gasteiger partial charge is 0.462 e. The summed E-state index contributed by atoms with van der Waals surface area (Å²) in [6.45, 7) is 6.87. The van der Waals surface area contributed by atoms with Crippen molar-refractivity contribution in [3.8, 4) is 0 Å². The SMILES string of the molecule is CCOC(=O)c1c(N2CCN(C(=O)c3ccc(Cl)cc3)CC2)c2cc(C)ccc2n(CCN(C)C)c1=O. The molecule has 0 spiro atoms. The smallest absolute Gasteiger partial charge is 0.345 e. The maximum atomic E-state index is 13.8. The third-order valence-corrected chi connectivity index (χ3v) is 6.87. The van der Waals surface area contributed by atoms with Crippen LogP contribution < -0.4 is 10.5 Å². The lowest BCUT2D eigenvalue weighted by Crippen LogP contribution is -2.49. The highest BCUT2D eigenvalue weighted by molar-refractivity contribution is 6.30. The summed E-state index contributed by atoms with van der Waals surface area (Å²) in [4.78, 5) is 45.8. The van der Waals surface area contributed by atoms with Gasteiger partial charge in [-0.2, -0.15) is 0 Å². The first-order valence-corrected chi connectivity index (χ1v) is 12.9. The molecule has 0 radical (unpaired) electrons. The van der Waals surface area contributed by atoms with Gasteiger partial charge in [0.15, 0.2) is 0 Å². The Morgan fingerprint density at radius 3 is 2.32 bits per heavy atom. The lowest BCUT2D eigenvalue weighted by molar-refractivity contribution is 0.0523. The highest BCUT2D eigenvalue weighted by Crippen LogP contribution is 2.31. The molecule has 0 saturated carbocycles. The molecule has 1 fully saturated rings. The molecule has 196 valence electrons. The number of aromatic nitrogens is 1. The van der Waals surface area contributed by atoms with E-state index >= 15 is 0 Å². The molecule has 8 nitrogen and oxygen atoms in total. The summed E-state index contributed by atoms with van der Waals surface area (Å²) in [7, 11) is 3.89. The van der Waals surface area contributed by atoms with Gasteiger partial charge in [0, 0.05) is 55.2 Å². The molecule has 3 aromatic rings. The van der Waals surface area contributed by atoms with Crippen molar-refractivity contribution >= 4 is 40.1 Å². The number of piperazine rings is 1. The Balaban J connectivity index is 1.75. The topological polar surface area (TPSA) is 75.1 Å². The van der Waals surface area contributed by atoms with Crippen LogP contribution in [0.2, 0.25) is 5.02 Å². The van der Waals surface area contributed by atoms with Crippen LogP contribution in [0.25, 0.3) is 10.9 Å². The summed E-state index contributed by atoms with van der Waals surface area (Å²) in [5, 5.41) is 1.41. The van der Waals surface area contributed by atoms with E-state index in [0.29, 0.717) is 55.5 Å². The van der Waals surface area contributed by atoms with Gasteiger partial charge in [0.05, 0.1) is 17.8 Å². The van der Waals surface area contributed by atoms with Gasteiger partial charge in [0.2, 0.25) is 0 Å². The van der Waals surface area contributed by atoms with Crippen molar-refractivity contribution < 1.29 is 14.3 Å². The van der Waals surface area contributed by atoms with Crippen LogP contribution in [0.1, 0.15) is 33.2 Å². The molecule has 0 unspecified atom stereocenters. The van der Waals surface area contributed by atoms with Crippen molar-refractivity contribution in [2.24, 2.45) is 0 Å². The summed E-state index contributed by atoms with van der Waals surface area (Å²) in [5.74, 6) is -0.689. The quantitative estimate of drug-likeness (QED) is 0.439. The molecule has 1 saturated heterocycles. The molecule has 2 aromatic carbocycles. The fourth-order valence-electron chi connectivity index (χ4n) is 4.70. The predicted molar refractivity (Wildman–Crippen MR) is 147 cm³/mol. The number of rotatable bonds is 7. The van der Waals surface area contributed by atoms with E-state index in [-0.39, 0.29) is 23.6 Å². The fourth-order valence-corrected chi connectivity index (χ4v) is 4.83. The number of aryl methyl sites for hydroxylation is 1. The monoisotopic (exact) mass is 524 g/mol. The molecule has 37 heavy (non-hydrogen) atoms. The zero-order valence-electron chi connectivity index (χ0n) is 21.8. The van der Waals surface area contributed by atoms with Gasteiger partial charge < -0.3 is 24.0 Å². The molecule has 4 rings (SSSR count). The van der Waals surface area contributed by atoms with Gasteiger partial charge in [-0.1, -0.05) is 23.2 Å². The molecule has 0 N–H and O–H groups in total. The summed E-state index contributed by atoms with van der Waals surface area (Å²) >= 11 is 5.97. The highest BCUT2D eigenvalue weighted by atomic mass is 35.5. The van der Waals surface area contributed by atoms with Crippen molar-refractivity contribution in [1.82, 2.24) is 14.4 Å². The number of fused-ring (bicyclic) bond motifs is 1. The average molecular weight is 525 g/mol. The van der Waals surface area contributed by atoms with Crippen LogP contribution in [0.3, 0.4) is 0 Å². The van der Waals surface area contributed by atoms with Gasteiger partial charge in [-0.3, -0.25) is 9.59 Å². The summed E-state index contributed by atoms with van der Waals surface area (Å²) < 4.78 is 7.03. The molecular formula is C28H33ClN4O4. The molecule has 0 atom stereocenters. The number of halogens is 1. The van der Waals surface area contributed by atoms with E-state index in [2.05, 4.69) is 0 Å². The van der Waals surface area contributed by atoms with E-state index < -0.39 is 5.97 Å². The Hall–Kier alpha value is -3.36.